The average Bonchev–Trinajstić information content (AvgIpc) is 3.37. The normalized spacial score (nSPS) is 19.7. The number of rotatable bonds is 5. The van der Waals surface area contributed by atoms with Crippen molar-refractivity contribution in [2.45, 2.75) is 64.3 Å². The third-order valence-corrected chi connectivity index (χ3v) is 6.41. The first kappa shape index (κ1) is 21.2. The van der Waals surface area contributed by atoms with Gasteiger partial charge in [-0.1, -0.05) is 17.3 Å². The van der Waals surface area contributed by atoms with Crippen LogP contribution in [-0.2, 0) is 46.9 Å². The van der Waals surface area contributed by atoms with Crippen molar-refractivity contribution >= 4 is 23.8 Å². The summed E-state index contributed by atoms with van der Waals surface area (Å²) in [4.78, 5) is 50.1. The fourth-order valence-corrected chi connectivity index (χ4v) is 4.64. The number of hydrogen-bond donors (Lipinski definition) is 2. The molecule has 0 bridgehead atoms. The second kappa shape index (κ2) is 8.68. The fraction of sp³-hybridized carbons (Fsp3) is 0.435. The maximum atomic E-state index is 12.9. The number of benzene rings is 1. The van der Waals surface area contributed by atoms with Crippen molar-refractivity contribution in [2.75, 3.05) is 0 Å². The number of nitrogens with one attached hydrogen (secondary N) is 2. The van der Waals surface area contributed by atoms with Gasteiger partial charge in [0.25, 0.3) is 5.91 Å². The van der Waals surface area contributed by atoms with Crippen LogP contribution in [0.1, 0.15) is 64.2 Å². The highest BCUT2D eigenvalue weighted by atomic mass is 16.6. The van der Waals surface area contributed by atoms with Crippen LogP contribution in [0.25, 0.3) is 0 Å². The van der Waals surface area contributed by atoms with Crippen LogP contribution in [-0.4, -0.2) is 39.9 Å². The van der Waals surface area contributed by atoms with Gasteiger partial charge < -0.3 is 19.5 Å². The highest BCUT2D eigenvalue weighted by Gasteiger charge is 2.39. The lowest BCUT2D eigenvalue weighted by Gasteiger charge is -2.29. The van der Waals surface area contributed by atoms with E-state index in [9.17, 15) is 19.2 Å². The van der Waals surface area contributed by atoms with Crippen molar-refractivity contribution in [3.05, 3.63) is 51.9 Å². The average molecular weight is 452 g/mol. The molecule has 0 spiro atoms. The standard InChI is InChI=1S/C23H24N4O6/c28-20-8-7-18(21(29)25-20)27-11-14-6-5-13(9-16(14)22(27)30)10-24-23(31)32-12-19-15-3-1-2-4-17(15)26-33-19/h5-6,9,18H,1-4,7-8,10-12H2,(H,24,31)(H,25,28,29). The highest BCUT2D eigenvalue weighted by molar-refractivity contribution is 6.05. The molecule has 0 saturated carbocycles. The van der Waals surface area contributed by atoms with Gasteiger partial charge in [-0.05, 0) is 49.3 Å². The second-order valence-corrected chi connectivity index (χ2v) is 8.56. The number of alkyl carbamates (subject to hydrolysis) is 1. The quantitative estimate of drug-likeness (QED) is 0.661. The van der Waals surface area contributed by atoms with Gasteiger partial charge in [-0.25, -0.2) is 4.79 Å². The number of hydrogen-bond acceptors (Lipinski definition) is 7. The summed E-state index contributed by atoms with van der Waals surface area (Å²) in [6.45, 7) is 0.530. The minimum atomic E-state index is -0.652. The highest BCUT2D eigenvalue weighted by Crippen LogP contribution is 2.28. The predicted molar refractivity (Wildman–Crippen MR) is 113 cm³/mol. The molecule has 1 atom stereocenters. The van der Waals surface area contributed by atoms with Gasteiger partial charge in [-0.3, -0.25) is 19.7 Å². The smallest absolute Gasteiger partial charge is 0.407 e. The molecule has 3 heterocycles. The van der Waals surface area contributed by atoms with E-state index in [0.717, 1.165) is 48.1 Å². The van der Waals surface area contributed by atoms with Gasteiger partial charge in [-0.15, -0.1) is 0 Å². The maximum Gasteiger partial charge on any atom is 0.407 e. The number of imide groups is 1. The molecule has 10 nitrogen and oxygen atoms in total. The van der Waals surface area contributed by atoms with Gasteiger partial charge in [0, 0.05) is 30.6 Å². The zero-order chi connectivity index (χ0) is 22.9. The van der Waals surface area contributed by atoms with Crippen LogP contribution in [0.15, 0.2) is 22.7 Å². The number of piperidine rings is 1. The largest absolute Gasteiger partial charge is 0.441 e. The molecule has 1 saturated heterocycles. The summed E-state index contributed by atoms with van der Waals surface area (Å²) in [5, 5.41) is 9.03. The Morgan fingerprint density at radius 3 is 2.91 bits per heavy atom. The van der Waals surface area contributed by atoms with E-state index in [1.54, 1.807) is 6.07 Å². The SMILES string of the molecule is O=C1CCC(N2Cc3ccc(CNC(=O)OCc4onc5c4CCCC5)cc3C2=O)C(=O)N1. The van der Waals surface area contributed by atoms with Crippen molar-refractivity contribution in [1.29, 1.82) is 0 Å². The summed E-state index contributed by atoms with van der Waals surface area (Å²) in [6, 6.07) is 4.72. The molecule has 2 N–H and O–H groups in total. The van der Waals surface area contributed by atoms with Crippen molar-refractivity contribution < 1.29 is 28.4 Å². The Labute approximate surface area is 189 Å². The zero-order valence-electron chi connectivity index (χ0n) is 18.0. The van der Waals surface area contributed by atoms with E-state index < -0.39 is 18.0 Å². The van der Waals surface area contributed by atoms with Crippen molar-refractivity contribution in [3.63, 3.8) is 0 Å². The Bertz CT molecular complexity index is 1140. The Morgan fingerprint density at radius 2 is 2.06 bits per heavy atom. The van der Waals surface area contributed by atoms with E-state index in [0.29, 0.717) is 24.3 Å². The Hall–Kier alpha value is -3.69. The van der Waals surface area contributed by atoms with Crippen LogP contribution in [0.4, 0.5) is 4.79 Å². The molecule has 33 heavy (non-hydrogen) atoms. The Kier molecular flexibility index (Phi) is 5.57. The van der Waals surface area contributed by atoms with E-state index in [-0.39, 0.29) is 31.4 Å². The number of fused-ring (bicyclic) bond motifs is 2. The number of carbonyl (C=O) groups is 4. The molecule has 1 fully saturated rings. The first-order valence-corrected chi connectivity index (χ1v) is 11.1. The molecule has 1 unspecified atom stereocenters. The molecule has 172 valence electrons. The number of amides is 4. The number of aromatic nitrogens is 1. The minimum Gasteiger partial charge on any atom is -0.441 e. The van der Waals surface area contributed by atoms with Crippen LogP contribution < -0.4 is 10.6 Å². The summed E-state index contributed by atoms with van der Waals surface area (Å²) in [5.41, 5.74) is 4.05. The monoisotopic (exact) mass is 452 g/mol. The first-order chi connectivity index (χ1) is 16.0. The van der Waals surface area contributed by atoms with Gasteiger partial charge in [0.15, 0.2) is 12.4 Å². The molecule has 2 aromatic rings. The predicted octanol–water partition coefficient (Wildman–Crippen LogP) is 1.74. The van der Waals surface area contributed by atoms with Crippen LogP contribution >= 0.6 is 0 Å². The molecule has 3 aliphatic rings. The Morgan fingerprint density at radius 1 is 1.21 bits per heavy atom. The second-order valence-electron chi connectivity index (χ2n) is 8.56. The summed E-state index contributed by atoms with van der Waals surface area (Å²) >= 11 is 0. The van der Waals surface area contributed by atoms with Gasteiger partial charge in [0.2, 0.25) is 11.8 Å². The third-order valence-electron chi connectivity index (χ3n) is 6.41. The number of carbonyl (C=O) groups excluding carboxylic acids is 4. The van der Waals surface area contributed by atoms with Crippen molar-refractivity contribution in [2.24, 2.45) is 0 Å². The maximum absolute atomic E-state index is 12.9. The molecule has 1 aromatic carbocycles. The molecule has 1 aromatic heterocycles. The molecule has 5 rings (SSSR count). The summed E-state index contributed by atoms with van der Waals surface area (Å²) in [7, 11) is 0. The zero-order valence-corrected chi connectivity index (χ0v) is 18.0. The summed E-state index contributed by atoms with van der Waals surface area (Å²) < 4.78 is 10.6. The van der Waals surface area contributed by atoms with Gasteiger partial charge in [0.05, 0.1) is 5.69 Å². The van der Waals surface area contributed by atoms with Gasteiger partial charge >= 0.3 is 6.09 Å². The molecular formula is C23H24N4O6. The van der Waals surface area contributed by atoms with E-state index in [2.05, 4.69) is 15.8 Å². The summed E-state index contributed by atoms with van der Waals surface area (Å²) in [5.74, 6) is -0.413. The van der Waals surface area contributed by atoms with Crippen LogP contribution in [0.2, 0.25) is 0 Å². The van der Waals surface area contributed by atoms with E-state index in [4.69, 9.17) is 9.26 Å². The fourth-order valence-electron chi connectivity index (χ4n) is 4.64. The van der Waals surface area contributed by atoms with Gasteiger partial charge in [0.1, 0.15) is 6.04 Å². The number of ether oxygens (including phenoxy) is 1. The molecule has 4 amide bonds. The third kappa shape index (κ3) is 4.20. The lowest BCUT2D eigenvalue weighted by molar-refractivity contribution is -0.136. The van der Waals surface area contributed by atoms with Gasteiger partial charge in [-0.2, -0.15) is 0 Å². The summed E-state index contributed by atoms with van der Waals surface area (Å²) in [6.07, 6.45) is 3.89. The number of aryl methyl sites for hydroxylation is 1. The van der Waals surface area contributed by atoms with Crippen molar-refractivity contribution in [1.82, 2.24) is 20.7 Å². The molecular weight excluding hydrogens is 428 g/mol. The Balaban J connectivity index is 1.16. The molecule has 1 aliphatic carbocycles. The lowest BCUT2D eigenvalue weighted by Crippen LogP contribution is -2.52. The van der Waals surface area contributed by atoms with Crippen molar-refractivity contribution in [3.8, 4) is 0 Å². The van der Waals surface area contributed by atoms with Crippen LogP contribution in [0.5, 0.6) is 0 Å². The number of nitrogens with zero attached hydrogens (tertiary/aromatic N) is 2. The van der Waals surface area contributed by atoms with Crippen LogP contribution in [0.3, 0.4) is 0 Å². The van der Waals surface area contributed by atoms with E-state index in [1.807, 2.05) is 12.1 Å². The first-order valence-electron chi connectivity index (χ1n) is 11.1. The van der Waals surface area contributed by atoms with E-state index in [1.165, 1.54) is 4.90 Å². The topological polar surface area (TPSA) is 131 Å². The van der Waals surface area contributed by atoms with Crippen LogP contribution in [0, 0.1) is 0 Å². The molecule has 2 aliphatic heterocycles. The minimum absolute atomic E-state index is 0.0256. The van der Waals surface area contributed by atoms with E-state index >= 15 is 0 Å². The molecule has 10 heteroatoms. The molecule has 0 radical (unpaired) electrons. The lowest BCUT2D eigenvalue weighted by atomic mass is 9.96.